The van der Waals surface area contributed by atoms with Gasteiger partial charge in [-0.1, -0.05) is 18.2 Å². The van der Waals surface area contributed by atoms with E-state index >= 15 is 0 Å². The van der Waals surface area contributed by atoms with Gasteiger partial charge < -0.3 is 14.5 Å². The van der Waals surface area contributed by atoms with Gasteiger partial charge in [0.25, 0.3) is 11.8 Å². The number of imide groups is 1. The van der Waals surface area contributed by atoms with Crippen molar-refractivity contribution in [2.75, 3.05) is 13.2 Å². The van der Waals surface area contributed by atoms with Gasteiger partial charge in [-0.05, 0) is 61.6 Å². The van der Waals surface area contributed by atoms with Crippen molar-refractivity contribution < 1.29 is 23.9 Å². The van der Waals surface area contributed by atoms with Crippen molar-refractivity contribution in [3.63, 3.8) is 0 Å². The molecule has 3 aliphatic heterocycles. The number of nitrogens with one attached hydrogen (secondary N) is 1. The molecule has 11 heteroatoms. The predicted octanol–water partition coefficient (Wildman–Crippen LogP) is 2.10. The average molecular weight is 529 g/mol. The molecule has 2 saturated heterocycles. The van der Waals surface area contributed by atoms with Crippen LogP contribution in [0.2, 0.25) is 0 Å². The van der Waals surface area contributed by atoms with Crippen LogP contribution in [0.15, 0.2) is 54.9 Å². The van der Waals surface area contributed by atoms with Gasteiger partial charge in [-0.25, -0.2) is 9.67 Å². The molecular formula is C28H28N6O5. The van der Waals surface area contributed by atoms with E-state index in [0.29, 0.717) is 30.9 Å². The SMILES string of the molecule is O=C1CCC(N2Cc3cc(OC[C@H]4CCCCN4C(=O)c4ncn(-c5ccccc5)n4)ccc3C2=O)C(=O)N1. The van der Waals surface area contributed by atoms with Crippen LogP contribution in [-0.4, -0.2) is 73.4 Å². The largest absolute Gasteiger partial charge is 0.491 e. The van der Waals surface area contributed by atoms with Crippen LogP contribution in [0.25, 0.3) is 5.69 Å². The quantitative estimate of drug-likeness (QED) is 0.486. The third-order valence-corrected chi connectivity index (χ3v) is 7.53. The van der Waals surface area contributed by atoms with E-state index in [1.54, 1.807) is 28.0 Å². The Balaban J connectivity index is 1.12. The number of ether oxygens (including phenoxy) is 1. The van der Waals surface area contributed by atoms with Gasteiger partial charge in [-0.15, -0.1) is 5.10 Å². The molecule has 4 amide bonds. The summed E-state index contributed by atoms with van der Waals surface area (Å²) in [6.07, 6.45) is 4.77. The number of likely N-dealkylation sites (tertiary alicyclic amines) is 1. The zero-order valence-electron chi connectivity index (χ0n) is 21.3. The molecule has 1 N–H and O–H groups in total. The van der Waals surface area contributed by atoms with Gasteiger partial charge >= 0.3 is 0 Å². The molecule has 0 aliphatic carbocycles. The molecule has 2 atom stereocenters. The summed E-state index contributed by atoms with van der Waals surface area (Å²) >= 11 is 0. The zero-order chi connectivity index (χ0) is 26.9. The number of amides is 4. The molecule has 11 nitrogen and oxygen atoms in total. The van der Waals surface area contributed by atoms with Crippen LogP contribution in [0.4, 0.5) is 0 Å². The second-order valence-corrected chi connectivity index (χ2v) is 10.0. The van der Waals surface area contributed by atoms with Gasteiger partial charge in [0.2, 0.25) is 17.6 Å². The minimum atomic E-state index is -0.659. The van der Waals surface area contributed by atoms with Gasteiger partial charge in [0.1, 0.15) is 24.7 Å². The molecule has 6 rings (SSSR count). The lowest BCUT2D eigenvalue weighted by Gasteiger charge is -2.34. The van der Waals surface area contributed by atoms with Crippen LogP contribution in [-0.2, 0) is 16.1 Å². The summed E-state index contributed by atoms with van der Waals surface area (Å²) in [7, 11) is 0. The summed E-state index contributed by atoms with van der Waals surface area (Å²) in [5.41, 5.74) is 2.13. The Morgan fingerprint density at radius 1 is 1.05 bits per heavy atom. The highest BCUT2D eigenvalue weighted by Gasteiger charge is 2.39. The number of hydrogen-bond acceptors (Lipinski definition) is 7. The third-order valence-electron chi connectivity index (χ3n) is 7.53. The van der Waals surface area contributed by atoms with Crippen LogP contribution >= 0.6 is 0 Å². The number of piperidine rings is 2. The molecule has 2 aromatic carbocycles. The Labute approximate surface area is 224 Å². The molecule has 39 heavy (non-hydrogen) atoms. The summed E-state index contributed by atoms with van der Waals surface area (Å²) in [6, 6.07) is 14.0. The van der Waals surface area contributed by atoms with Gasteiger partial charge in [-0.2, -0.15) is 0 Å². The standard InChI is InChI=1S/C28H28N6O5/c35-24-12-11-23(26(36)30-24)33-15-18-14-21(9-10-22(18)27(33)37)39-16-20-8-4-5-13-32(20)28(38)25-29-17-34(31-25)19-6-2-1-3-7-19/h1-3,6-7,9-10,14,17,20,23H,4-5,8,11-13,15-16H2,(H,30,35,36)/t20-,23?/m1/s1. The Hall–Kier alpha value is -4.54. The smallest absolute Gasteiger partial charge is 0.293 e. The number of aromatic nitrogens is 3. The fourth-order valence-electron chi connectivity index (χ4n) is 5.47. The molecule has 0 bridgehead atoms. The van der Waals surface area contributed by atoms with Gasteiger partial charge in [0, 0.05) is 25.1 Å². The maximum atomic E-state index is 13.3. The number of hydrogen-bond donors (Lipinski definition) is 1. The van der Waals surface area contributed by atoms with Crippen molar-refractivity contribution in [2.24, 2.45) is 0 Å². The van der Waals surface area contributed by atoms with Gasteiger partial charge in [0.15, 0.2) is 0 Å². The van der Waals surface area contributed by atoms with Crippen molar-refractivity contribution in [1.29, 1.82) is 0 Å². The maximum absolute atomic E-state index is 13.3. The Morgan fingerprint density at radius 3 is 2.72 bits per heavy atom. The molecule has 0 saturated carbocycles. The average Bonchev–Trinajstić information content (AvgIpc) is 3.57. The molecule has 0 spiro atoms. The topological polar surface area (TPSA) is 127 Å². The first-order chi connectivity index (χ1) is 19.0. The predicted molar refractivity (Wildman–Crippen MR) is 138 cm³/mol. The Morgan fingerprint density at radius 2 is 1.90 bits per heavy atom. The summed E-state index contributed by atoms with van der Waals surface area (Å²) < 4.78 is 7.71. The number of benzene rings is 2. The molecule has 200 valence electrons. The summed E-state index contributed by atoms with van der Waals surface area (Å²) in [5.74, 6) is -0.456. The van der Waals surface area contributed by atoms with Crippen molar-refractivity contribution >= 4 is 23.6 Å². The number of fused-ring (bicyclic) bond motifs is 1. The lowest BCUT2D eigenvalue weighted by molar-refractivity contribution is -0.136. The summed E-state index contributed by atoms with van der Waals surface area (Å²) in [6.45, 7) is 1.18. The van der Waals surface area contributed by atoms with E-state index < -0.39 is 11.9 Å². The van der Waals surface area contributed by atoms with E-state index in [2.05, 4.69) is 15.4 Å². The second-order valence-electron chi connectivity index (χ2n) is 10.0. The van der Waals surface area contributed by atoms with Crippen molar-refractivity contribution in [1.82, 2.24) is 29.9 Å². The summed E-state index contributed by atoms with van der Waals surface area (Å²) in [4.78, 5) is 57.6. The highest BCUT2D eigenvalue weighted by molar-refractivity contribution is 6.05. The monoisotopic (exact) mass is 528 g/mol. The molecule has 4 heterocycles. The van der Waals surface area contributed by atoms with E-state index in [9.17, 15) is 19.2 Å². The van der Waals surface area contributed by atoms with Crippen LogP contribution in [0, 0.1) is 0 Å². The minimum absolute atomic E-state index is 0.134. The fourth-order valence-corrected chi connectivity index (χ4v) is 5.47. The number of para-hydroxylation sites is 1. The number of carbonyl (C=O) groups excluding carboxylic acids is 4. The highest BCUT2D eigenvalue weighted by Crippen LogP contribution is 2.30. The highest BCUT2D eigenvalue weighted by atomic mass is 16.5. The van der Waals surface area contributed by atoms with Crippen LogP contribution in [0.1, 0.15) is 58.6 Å². The van der Waals surface area contributed by atoms with E-state index in [4.69, 9.17) is 4.74 Å². The van der Waals surface area contributed by atoms with Crippen LogP contribution in [0.3, 0.4) is 0 Å². The van der Waals surface area contributed by atoms with E-state index in [0.717, 1.165) is 30.5 Å². The first-order valence-corrected chi connectivity index (χ1v) is 13.2. The Kier molecular flexibility index (Phi) is 6.55. The Bertz CT molecular complexity index is 1440. The van der Waals surface area contributed by atoms with Crippen LogP contribution in [0.5, 0.6) is 5.75 Å². The minimum Gasteiger partial charge on any atom is -0.491 e. The molecule has 3 aliphatic rings. The molecule has 0 radical (unpaired) electrons. The van der Waals surface area contributed by atoms with Crippen molar-refractivity contribution in [3.05, 3.63) is 71.8 Å². The molecule has 1 aromatic heterocycles. The number of carbonyl (C=O) groups is 4. The van der Waals surface area contributed by atoms with Gasteiger partial charge in [0.05, 0.1) is 11.7 Å². The lowest BCUT2D eigenvalue weighted by Crippen LogP contribution is -2.52. The molecule has 1 unspecified atom stereocenters. The molecule has 3 aromatic rings. The van der Waals surface area contributed by atoms with Crippen molar-refractivity contribution in [3.8, 4) is 11.4 Å². The molecular weight excluding hydrogens is 500 g/mol. The lowest BCUT2D eigenvalue weighted by atomic mass is 10.0. The fraction of sp³-hybridized carbons (Fsp3) is 0.357. The maximum Gasteiger partial charge on any atom is 0.293 e. The number of nitrogens with zero attached hydrogens (tertiary/aromatic N) is 5. The van der Waals surface area contributed by atoms with E-state index in [1.165, 1.54) is 4.90 Å². The zero-order valence-corrected chi connectivity index (χ0v) is 21.3. The number of rotatable bonds is 6. The summed E-state index contributed by atoms with van der Waals surface area (Å²) in [5, 5.41) is 6.72. The van der Waals surface area contributed by atoms with E-state index in [1.807, 2.05) is 36.4 Å². The van der Waals surface area contributed by atoms with Crippen LogP contribution < -0.4 is 10.1 Å². The molecule has 2 fully saturated rings. The van der Waals surface area contributed by atoms with Gasteiger partial charge in [-0.3, -0.25) is 24.5 Å². The first kappa shape index (κ1) is 24.8. The first-order valence-electron chi connectivity index (χ1n) is 13.2. The normalized spacial score (nSPS) is 21.1. The van der Waals surface area contributed by atoms with Crippen molar-refractivity contribution in [2.45, 2.75) is 50.7 Å². The van der Waals surface area contributed by atoms with E-state index in [-0.39, 0.29) is 42.6 Å². The third kappa shape index (κ3) is 4.87. The second kappa shape index (κ2) is 10.3.